The fourth-order valence-corrected chi connectivity index (χ4v) is 4.31. The number of pyridine rings is 1. The van der Waals surface area contributed by atoms with E-state index < -0.39 is 11.7 Å². The van der Waals surface area contributed by atoms with Gasteiger partial charge in [-0.25, -0.2) is 9.67 Å². The van der Waals surface area contributed by atoms with Crippen molar-refractivity contribution in [3.63, 3.8) is 0 Å². The molecule has 0 unspecified atom stereocenters. The van der Waals surface area contributed by atoms with Crippen LogP contribution in [0.1, 0.15) is 61.6 Å². The van der Waals surface area contributed by atoms with E-state index in [-0.39, 0.29) is 23.6 Å². The van der Waals surface area contributed by atoms with Crippen molar-refractivity contribution in [3.05, 3.63) is 41.3 Å². The van der Waals surface area contributed by atoms with E-state index in [1.165, 1.54) is 16.9 Å². The van der Waals surface area contributed by atoms with Gasteiger partial charge in [0.2, 0.25) is 5.91 Å². The number of carbonyl (C=O) groups is 2. The molecule has 1 saturated heterocycles. The number of hydrogen-bond donors (Lipinski definition) is 0. The van der Waals surface area contributed by atoms with Crippen LogP contribution in [0, 0.1) is 0 Å². The molecule has 1 aliphatic rings. The maximum Gasteiger partial charge on any atom is 0.417 e. The van der Waals surface area contributed by atoms with Crippen molar-refractivity contribution >= 4 is 11.8 Å². The molecule has 3 heterocycles. The molecule has 8 nitrogen and oxygen atoms in total. The van der Waals surface area contributed by atoms with Crippen molar-refractivity contribution in [3.8, 4) is 5.82 Å². The Morgan fingerprint density at radius 1 is 1.06 bits per heavy atom. The Labute approximate surface area is 203 Å². The Balaban J connectivity index is 1.76. The van der Waals surface area contributed by atoms with Crippen molar-refractivity contribution in [2.24, 2.45) is 0 Å². The molecule has 0 bridgehead atoms. The minimum atomic E-state index is -4.48. The maximum absolute atomic E-state index is 13.4. The molecule has 0 aromatic carbocycles. The maximum atomic E-state index is 13.4. The van der Waals surface area contributed by atoms with Crippen molar-refractivity contribution < 1.29 is 22.8 Å². The number of amides is 2. The largest absolute Gasteiger partial charge is 0.417 e. The molecule has 0 spiro atoms. The quantitative estimate of drug-likeness (QED) is 0.590. The van der Waals surface area contributed by atoms with E-state index in [4.69, 9.17) is 0 Å². The van der Waals surface area contributed by atoms with E-state index in [0.717, 1.165) is 25.2 Å². The Kier molecular flexibility index (Phi) is 8.52. The third-order valence-electron chi connectivity index (χ3n) is 6.23. The molecule has 0 radical (unpaired) electrons. The molecule has 2 aromatic heterocycles. The molecule has 0 aliphatic carbocycles. The van der Waals surface area contributed by atoms with Gasteiger partial charge in [0.25, 0.3) is 5.91 Å². The first kappa shape index (κ1) is 26.7. The van der Waals surface area contributed by atoms with Crippen molar-refractivity contribution in [2.75, 3.05) is 45.8 Å². The van der Waals surface area contributed by atoms with Gasteiger partial charge in [0.15, 0.2) is 5.82 Å². The highest BCUT2D eigenvalue weighted by atomic mass is 19.4. The fourth-order valence-electron chi connectivity index (χ4n) is 4.31. The molecular weight excluding hydrogens is 461 g/mol. The average Bonchev–Trinajstić information content (AvgIpc) is 3.13. The van der Waals surface area contributed by atoms with Crippen LogP contribution in [0.3, 0.4) is 0 Å². The molecular formula is C24H33F3N6O2. The van der Waals surface area contributed by atoms with Crippen molar-refractivity contribution in [1.29, 1.82) is 0 Å². The van der Waals surface area contributed by atoms with Crippen molar-refractivity contribution in [2.45, 2.75) is 46.2 Å². The molecule has 192 valence electrons. The first-order valence-electron chi connectivity index (χ1n) is 12.0. The summed E-state index contributed by atoms with van der Waals surface area (Å²) in [5.74, 6) is 0.0133. The second-order valence-electron chi connectivity index (χ2n) is 8.90. The standard InChI is InChI=1S/C24H33F3N6O2/c1-5-31(6-2)21(34)16-30-10-7-11-32(13-12-30)23(35)19-15-29-33(22(19)17(3)4)20-9-8-18(14-28-20)24(25,26)27/h8-9,14-15,17H,5-7,10-13,16H2,1-4H3. The van der Waals surface area contributed by atoms with E-state index >= 15 is 0 Å². The highest BCUT2D eigenvalue weighted by Crippen LogP contribution is 2.30. The predicted octanol–water partition coefficient (Wildman–Crippen LogP) is 3.43. The lowest BCUT2D eigenvalue weighted by molar-refractivity contribution is -0.137. The molecule has 0 N–H and O–H groups in total. The summed E-state index contributed by atoms with van der Waals surface area (Å²) >= 11 is 0. The topological polar surface area (TPSA) is 74.6 Å². The first-order valence-corrected chi connectivity index (χ1v) is 12.0. The van der Waals surface area contributed by atoms with Crippen molar-refractivity contribution in [1.82, 2.24) is 29.5 Å². The summed E-state index contributed by atoms with van der Waals surface area (Å²) in [4.78, 5) is 35.5. The Bertz CT molecular complexity index is 1020. The van der Waals surface area contributed by atoms with E-state index in [1.54, 1.807) is 9.80 Å². The fraction of sp³-hybridized carbons (Fsp3) is 0.583. The SMILES string of the molecule is CCN(CC)C(=O)CN1CCCN(C(=O)c2cnn(-c3ccc(C(F)(F)F)cn3)c2C(C)C)CC1. The van der Waals surface area contributed by atoms with E-state index in [2.05, 4.69) is 15.0 Å². The van der Waals surface area contributed by atoms with Gasteiger partial charge in [-0.3, -0.25) is 14.5 Å². The van der Waals surface area contributed by atoms with E-state index in [0.29, 0.717) is 50.5 Å². The van der Waals surface area contributed by atoms with Gasteiger partial charge in [-0.05, 0) is 38.3 Å². The summed E-state index contributed by atoms with van der Waals surface area (Å²) in [5, 5.41) is 4.30. The van der Waals surface area contributed by atoms with Crippen LogP contribution in [0.4, 0.5) is 13.2 Å². The average molecular weight is 495 g/mol. The second kappa shape index (κ2) is 11.2. The second-order valence-corrected chi connectivity index (χ2v) is 8.90. The van der Waals surface area contributed by atoms with E-state index in [1.807, 2.05) is 27.7 Å². The van der Waals surface area contributed by atoms with Crippen LogP contribution >= 0.6 is 0 Å². The van der Waals surface area contributed by atoms with Gasteiger partial charge in [-0.1, -0.05) is 13.8 Å². The summed E-state index contributed by atoms with van der Waals surface area (Å²) in [6.07, 6.45) is -1.51. The number of carbonyl (C=O) groups excluding carboxylic acids is 2. The molecule has 11 heteroatoms. The molecule has 0 saturated carbocycles. The molecule has 2 amide bonds. The summed E-state index contributed by atoms with van der Waals surface area (Å²) in [5.41, 5.74) is 0.166. The number of likely N-dealkylation sites (N-methyl/N-ethyl adjacent to an activating group) is 1. The lowest BCUT2D eigenvalue weighted by Gasteiger charge is -2.25. The third kappa shape index (κ3) is 6.19. The molecule has 3 rings (SSSR count). The summed E-state index contributed by atoms with van der Waals surface area (Å²) in [6, 6.07) is 2.21. The van der Waals surface area contributed by atoms with E-state index in [9.17, 15) is 22.8 Å². The summed E-state index contributed by atoms with van der Waals surface area (Å²) < 4.78 is 40.2. The molecule has 0 atom stereocenters. The van der Waals surface area contributed by atoms with Gasteiger partial charge >= 0.3 is 6.18 Å². The zero-order valence-corrected chi connectivity index (χ0v) is 20.7. The summed E-state index contributed by atoms with van der Waals surface area (Å²) in [6.45, 7) is 11.7. The van der Waals surface area contributed by atoms with Gasteiger partial charge in [-0.2, -0.15) is 18.3 Å². The minimum Gasteiger partial charge on any atom is -0.342 e. The van der Waals surface area contributed by atoms with Crippen LogP contribution < -0.4 is 0 Å². The number of hydrogen-bond acceptors (Lipinski definition) is 5. The van der Waals surface area contributed by atoms with Gasteiger partial charge in [-0.15, -0.1) is 0 Å². The Hall–Kier alpha value is -2.95. The number of nitrogens with zero attached hydrogens (tertiary/aromatic N) is 6. The molecule has 35 heavy (non-hydrogen) atoms. The highest BCUT2D eigenvalue weighted by molar-refractivity contribution is 5.95. The lowest BCUT2D eigenvalue weighted by Crippen LogP contribution is -2.42. The van der Waals surface area contributed by atoms with Crippen LogP contribution in [0.25, 0.3) is 5.82 Å². The van der Waals surface area contributed by atoms with Crippen LogP contribution in [-0.4, -0.2) is 87.1 Å². The zero-order valence-electron chi connectivity index (χ0n) is 20.7. The Morgan fingerprint density at radius 2 is 1.77 bits per heavy atom. The molecule has 1 aliphatic heterocycles. The van der Waals surface area contributed by atoms with Crippen LogP contribution in [0.2, 0.25) is 0 Å². The minimum absolute atomic E-state index is 0.0854. The summed E-state index contributed by atoms with van der Waals surface area (Å²) in [7, 11) is 0. The number of rotatable bonds is 7. The monoisotopic (exact) mass is 494 g/mol. The normalized spacial score (nSPS) is 15.4. The van der Waals surface area contributed by atoms with Crippen LogP contribution in [0.5, 0.6) is 0 Å². The smallest absolute Gasteiger partial charge is 0.342 e. The van der Waals surface area contributed by atoms with Gasteiger partial charge in [0, 0.05) is 45.5 Å². The van der Waals surface area contributed by atoms with Gasteiger partial charge in [0.05, 0.1) is 29.6 Å². The highest BCUT2D eigenvalue weighted by Gasteiger charge is 2.31. The predicted molar refractivity (Wildman–Crippen MR) is 125 cm³/mol. The third-order valence-corrected chi connectivity index (χ3v) is 6.23. The Morgan fingerprint density at radius 3 is 2.34 bits per heavy atom. The zero-order chi connectivity index (χ0) is 25.8. The lowest BCUT2D eigenvalue weighted by atomic mass is 10.0. The molecule has 2 aromatic rings. The number of halogens is 3. The van der Waals surface area contributed by atoms with Crippen LogP contribution in [-0.2, 0) is 11.0 Å². The van der Waals surface area contributed by atoms with Crippen LogP contribution in [0.15, 0.2) is 24.5 Å². The van der Waals surface area contributed by atoms with Gasteiger partial charge in [0.1, 0.15) is 0 Å². The number of alkyl halides is 3. The first-order chi connectivity index (χ1) is 16.6. The molecule has 1 fully saturated rings. The van der Waals surface area contributed by atoms with Gasteiger partial charge < -0.3 is 9.80 Å². The number of aromatic nitrogens is 3.